The Bertz CT molecular complexity index is 573. The number of pyridine rings is 1. The number of alkyl halides is 2. The number of methoxy groups -OCH3 is 2. The van der Waals surface area contributed by atoms with Crippen LogP contribution in [0.4, 0.5) is 8.78 Å². The zero-order valence-corrected chi connectivity index (χ0v) is 10.9. The van der Waals surface area contributed by atoms with Crippen molar-refractivity contribution in [3.8, 4) is 5.75 Å². The van der Waals surface area contributed by atoms with Crippen LogP contribution in [0.1, 0.15) is 16.2 Å². The largest absolute Gasteiger partial charge is 0.497 e. The van der Waals surface area contributed by atoms with Crippen molar-refractivity contribution in [1.29, 1.82) is 0 Å². The third kappa shape index (κ3) is 3.85. The number of sulfone groups is 1. The van der Waals surface area contributed by atoms with Crippen LogP contribution in [0, 0.1) is 0 Å². The molecule has 0 N–H and O–H groups in total. The van der Waals surface area contributed by atoms with E-state index in [1.807, 2.05) is 0 Å². The predicted molar refractivity (Wildman–Crippen MR) is 60.8 cm³/mol. The number of ether oxygens (including phenoxy) is 2. The van der Waals surface area contributed by atoms with Gasteiger partial charge in [-0.15, -0.1) is 0 Å². The molecule has 0 aliphatic heterocycles. The van der Waals surface area contributed by atoms with Crippen molar-refractivity contribution in [2.75, 3.05) is 14.2 Å². The highest BCUT2D eigenvalue weighted by atomic mass is 32.2. The first kappa shape index (κ1) is 15.3. The first-order valence-electron chi connectivity index (χ1n) is 4.93. The molecule has 0 bridgehead atoms. The van der Waals surface area contributed by atoms with Crippen molar-refractivity contribution in [2.24, 2.45) is 0 Å². The lowest BCUT2D eigenvalue weighted by atomic mass is 10.3. The Morgan fingerprint density at radius 2 is 2.00 bits per heavy atom. The third-order valence-electron chi connectivity index (χ3n) is 2.10. The Hall–Kier alpha value is -1.77. The van der Waals surface area contributed by atoms with Gasteiger partial charge in [0, 0.05) is 12.1 Å². The van der Waals surface area contributed by atoms with Crippen molar-refractivity contribution in [3.05, 3.63) is 23.5 Å². The number of aromatic nitrogens is 1. The van der Waals surface area contributed by atoms with Gasteiger partial charge in [0.05, 0.1) is 25.7 Å². The number of carbonyl (C=O) groups is 1. The van der Waals surface area contributed by atoms with Crippen LogP contribution in [0.2, 0.25) is 0 Å². The third-order valence-corrected chi connectivity index (χ3v) is 3.34. The SMILES string of the molecule is COC(=O)c1cc(OC)cc(CS(=O)(=O)C(F)F)n1. The molecule has 1 aromatic heterocycles. The van der Waals surface area contributed by atoms with Crippen LogP contribution in [-0.2, 0) is 20.3 Å². The molecular formula is C10H11F2NO5S. The van der Waals surface area contributed by atoms with Crippen LogP contribution in [0.15, 0.2) is 12.1 Å². The topological polar surface area (TPSA) is 82.6 Å². The molecule has 0 saturated heterocycles. The van der Waals surface area contributed by atoms with Gasteiger partial charge < -0.3 is 9.47 Å². The molecule has 0 aromatic carbocycles. The average Bonchev–Trinajstić information content (AvgIpc) is 2.36. The second-order valence-electron chi connectivity index (χ2n) is 3.44. The fourth-order valence-electron chi connectivity index (χ4n) is 1.23. The Labute approximate surface area is 108 Å². The summed E-state index contributed by atoms with van der Waals surface area (Å²) in [5.41, 5.74) is -0.443. The molecule has 1 heterocycles. The van der Waals surface area contributed by atoms with Crippen molar-refractivity contribution >= 4 is 15.8 Å². The first-order valence-corrected chi connectivity index (χ1v) is 6.64. The summed E-state index contributed by atoms with van der Waals surface area (Å²) in [7, 11) is -2.24. The van der Waals surface area contributed by atoms with E-state index >= 15 is 0 Å². The molecule has 0 atom stereocenters. The Balaban J connectivity index is 3.18. The molecule has 0 fully saturated rings. The summed E-state index contributed by atoms with van der Waals surface area (Å²) in [5.74, 6) is -5.21. The number of esters is 1. The van der Waals surface area contributed by atoms with Gasteiger partial charge in [-0.1, -0.05) is 0 Å². The molecule has 1 aromatic rings. The summed E-state index contributed by atoms with van der Waals surface area (Å²) < 4.78 is 56.0. The first-order chi connectivity index (χ1) is 8.80. The number of hydrogen-bond donors (Lipinski definition) is 0. The smallest absolute Gasteiger partial charge is 0.356 e. The molecule has 0 spiro atoms. The molecule has 9 heteroatoms. The van der Waals surface area contributed by atoms with Crippen molar-refractivity contribution < 1.29 is 31.5 Å². The lowest BCUT2D eigenvalue weighted by molar-refractivity contribution is 0.0593. The van der Waals surface area contributed by atoms with E-state index < -0.39 is 27.3 Å². The Morgan fingerprint density at radius 3 is 2.47 bits per heavy atom. The van der Waals surface area contributed by atoms with Gasteiger partial charge in [0.25, 0.3) is 0 Å². The zero-order valence-electron chi connectivity index (χ0n) is 10.1. The maximum atomic E-state index is 12.3. The van der Waals surface area contributed by atoms with Crippen LogP contribution in [0.3, 0.4) is 0 Å². The summed E-state index contributed by atoms with van der Waals surface area (Å²) in [5, 5.41) is 0. The summed E-state index contributed by atoms with van der Waals surface area (Å²) in [6.07, 6.45) is 0. The van der Waals surface area contributed by atoms with Gasteiger partial charge in [0.15, 0.2) is 5.69 Å². The normalized spacial score (nSPS) is 11.4. The molecule has 0 saturated carbocycles. The monoisotopic (exact) mass is 295 g/mol. The van der Waals surface area contributed by atoms with Gasteiger partial charge in [0.1, 0.15) is 5.75 Å². The van der Waals surface area contributed by atoms with Gasteiger partial charge >= 0.3 is 11.7 Å². The molecule has 0 aliphatic carbocycles. The lowest BCUT2D eigenvalue weighted by Gasteiger charge is -2.07. The molecule has 19 heavy (non-hydrogen) atoms. The predicted octanol–water partition coefficient (Wildman–Crippen LogP) is 1.01. The van der Waals surface area contributed by atoms with E-state index in [1.165, 1.54) is 13.2 Å². The summed E-state index contributed by atoms with van der Waals surface area (Å²) >= 11 is 0. The van der Waals surface area contributed by atoms with E-state index in [0.717, 1.165) is 13.2 Å². The van der Waals surface area contributed by atoms with Gasteiger partial charge in [0.2, 0.25) is 9.84 Å². The number of nitrogens with zero attached hydrogens (tertiary/aromatic N) is 1. The van der Waals surface area contributed by atoms with Gasteiger partial charge in [-0.25, -0.2) is 18.2 Å². The van der Waals surface area contributed by atoms with Crippen LogP contribution >= 0.6 is 0 Å². The van der Waals surface area contributed by atoms with Crippen molar-refractivity contribution in [1.82, 2.24) is 4.98 Å². The summed E-state index contributed by atoms with van der Waals surface area (Å²) in [6.45, 7) is 0. The van der Waals surface area contributed by atoms with Gasteiger partial charge in [-0.3, -0.25) is 0 Å². The highest BCUT2D eigenvalue weighted by Crippen LogP contribution is 2.18. The van der Waals surface area contributed by atoms with E-state index in [-0.39, 0.29) is 17.1 Å². The van der Waals surface area contributed by atoms with Gasteiger partial charge in [-0.2, -0.15) is 8.78 Å². The van der Waals surface area contributed by atoms with Crippen LogP contribution < -0.4 is 4.74 Å². The van der Waals surface area contributed by atoms with E-state index in [9.17, 15) is 22.0 Å². The number of hydrogen-bond acceptors (Lipinski definition) is 6. The Morgan fingerprint density at radius 1 is 1.37 bits per heavy atom. The molecule has 0 unspecified atom stereocenters. The van der Waals surface area contributed by atoms with Crippen LogP contribution in [0.25, 0.3) is 0 Å². The van der Waals surface area contributed by atoms with E-state index in [2.05, 4.69) is 9.72 Å². The number of rotatable bonds is 5. The van der Waals surface area contributed by atoms with Crippen molar-refractivity contribution in [3.63, 3.8) is 0 Å². The maximum absolute atomic E-state index is 12.3. The zero-order chi connectivity index (χ0) is 14.6. The standard InChI is InChI=1S/C10H11F2NO5S/c1-17-7-3-6(5-19(15,16)10(11)12)13-8(4-7)9(14)18-2/h3-4,10H,5H2,1-2H3. The minimum Gasteiger partial charge on any atom is -0.497 e. The fraction of sp³-hybridized carbons (Fsp3) is 0.400. The van der Waals surface area contributed by atoms with E-state index in [1.54, 1.807) is 0 Å². The minimum atomic E-state index is -4.63. The molecule has 106 valence electrons. The molecule has 0 radical (unpaired) electrons. The second kappa shape index (κ2) is 5.91. The molecule has 0 amide bonds. The lowest BCUT2D eigenvalue weighted by Crippen LogP contribution is -2.16. The van der Waals surface area contributed by atoms with Crippen LogP contribution in [0.5, 0.6) is 5.75 Å². The molecular weight excluding hydrogens is 284 g/mol. The van der Waals surface area contributed by atoms with Gasteiger partial charge in [-0.05, 0) is 0 Å². The average molecular weight is 295 g/mol. The minimum absolute atomic E-state index is 0.120. The maximum Gasteiger partial charge on any atom is 0.356 e. The summed E-state index contributed by atoms with van der Waals surface area (Å²) in [4.78, 5) is 14.9. The highest BCUT2D eigenvalue weighted by molar-refractivity contribution is 7.90. The second-order valence-corrected chi connectivity index (χ2v) is 5.41. The van der Waals surface area contributed by atoms with E-state index in [0.29, 0.717) is 0 Å². The molecule has 0 aliphatic rings. The quantitative estimate of drug-likeness (QED) is 0.754. The molecule has 1 rings (SSSR count). The Kier molecular flexibility index (Phi) is 4.76. The highest BCUT2D eigenvalue weighted by Gasteiger charge is 2.26. The van der Waals surface area contributed by atoms with Crippen LogP contribution in [-0.4, -0.2) is 39.3 Å². The number of carbonyl (C=O) groups excluding carboxylic acids is 1. The summed E-state index contributed by atoms with van der Waals surface area (Å²) in [6, 6.07) is 2.37. The van der Waals surface area contributed by atoms with E-state index in [4.69, 9.17) is 4.74 Å². The molecule has 6 nitrogen and oxygen atoms in total. The van der Waals surface area contributed by atoms with Crippen molar-refractivity contribution in [2.45, 2.75) is 11.5 Å². The number of halogens is 2. The fourth-order valence-corrected chi connectivity index (χ4v) is 1.92.